The zero-order valence-electron chi connectivity index (χ0n) is 7.97. The molecular weight excluding hydrogens is 192 g/mol. The molecule has 0 fully saturated rings. The largest absolute Gasteiger partial charge is 0.318 e. The van der Waals surface area contributed by atoms with E-state index in [1.807, 2.05) is 43.5 Å². The Morgan fingerprint density at radius 3 is 2.57 bits per heavy atom. The summed E-state index contributed by atoms with van der Waals surface area (Å²) in [6.45, 7) is 2.04. The molecule has 2 N–H and O–H groups in total. The van der Waals surface area contributed by atoms with Crippen molar-refractivity contribution in [1.82, 2.24) is 4.98 Å². The second-order valence-corrected chi connectivity index (χ2v) is 4.46. The summed E-state index contributed by atoms with van der Waals surface area (Å²) >= 11 is 1.65. The standard InChI is InChI=1S/C11H12N2S/c1-8-7-13-11(14-8)10(12)9-5-3-2-4-6-9/h2-7,10H,12H2,1H3. The molecule has 0 aliphatic rings. The van der Waals surface area contributed by atoms with Crippen LogP contribution in [0.25, 0.3) is 0 Å². The van der Waals surface area contributed by atoms with Gasteiger partial charge in [0.15, 0.2) is 0 Å². The van der Waals surface area contributed by atoms with Gasteiger partial charge in [0.05, 0.1) is 6.04 Å². The van der Waals surface area contributed by atoms with Gasteiger partial charge in [-0.25, -0.2) is 4.98 Å². The molecule has 2 rings (SSSR count). The van der Waals surface area contributed by atoms with E-state index >= 15 is 0 Å². The van der Waals surface area contributed by atoms with E-state index in [0.717, 1.165) is 10.6 Å². The van der Waals surface area contributed by atoms with Crippen molar-refractivity contribution in [3.05, 3.63) is 52.0 Å². The lowest BCUT2D eigenvalue weighted by Gasteiger charge is -2.07. The topological polar surface area (TPSA) is 38.9 Å². The van der Waals surface area contributed by atoms with Gasteiger partial charge in [-0.2, -0.15) is 0 Å². The van der Waals surface area contributed by atoms with Crippen molar-refractivity contribution in [2.45, 2.75) is 13.0 Å². The maximum atomic E-state index is 6.08. The minimum atomic E-state index is -0.0881. The molecule has 0 radical (unpaired) electrons. The molecule has 0 amide bonds. The van der Waals surface area contributed by atoms with Gasteiger partial charge in [-0.15, -0.1) is 11.3 Å². The lowest BCUT2D eigenvalue weighted by Crippen LogP contribution is -2.10. The predicted octanol–water partition coefficient (Wildman–Crippen LogP) is 2.50. The highest BCUT2D eigenvalue weighted by Crippen LogP contribution is 2.23. The Morgan fingerprint density at radius 1 is 1.29 bits per heavy atom. The van der Waals surface area contributed by atoms with Gasteiger partial charge in [0.25, 0.3) is 0 Å². The molecule has 1 atom stereocenters. The molecule has 1 heterocycles. The maximum Gasteiger partial charge on any atom is 0.114 e. The molecule has 0 saturated heterocycles. The van der Waals surface area contributed by atoms with Crippen LogP contribution in [0.5, 0.6) is 0 Å². The molecule has 0 aliphatic heterocycles. The summed E-state index contributed by atoms with van der Waals surface area (Å²) in [7, 11) is 0. The van der Waals surface area contributed by atoms with E-state index in [4.69, 9.17) is 5.73 Å². The number of hydrogen-bond donors (Lipinski definition) is 1. The summed E-state index contributed by atoms with van der Waals surface area (Å²) in [6.07, 6.45) is 1.86. The predicted molar refractivity (Wildman–Crippen MR) is 59.3 cm³/mol. The molecule has 72 valence electrons. The molecular formula is C11H12N2S. The number of thiazole rings is 1. The van der Waals surface area contributed by atoms with E-state index < -0.39 is 0 Å². The van der Waals surface area contributed by atoms with Crippen molar-refractivity contribution in [3.8, 4) is 0 Å². The van der Waals surface area contributed by atoms with Crippen LogP contribution in [-0.2, 0) is 0 Å². The Bertz CT molecular complexity index is 408. The molecule has 1 aromatic carbocycles. The molecule has 1 unspecified atom stereocenters. The summed E-state index contributed by atoms with van der Waals surface area (Å²) in [5.41, 5.74) is 7.19. The number of aromatic nitrogens is 1. The SMILES string of the molecule is Cc1cnc(C(N)c2ccccc2)s1. The van der Waals surface area contributed by atoms with E-state index in [-0.39, 0.29) is 6.04 Å². The minimum absolute atomic E-state index is 0.0881. The molecule has 0 bridgehead atoms. The minimum Gasteiger partial charge on any atom is -0.318 e. The van der Waals surface area contributed by atoms with E-state index in [1.165, 1.54) is 4.88 Å². The molecule has 0 spiro atoms. The summed E-state index contributed by atoms with van der Waals surface area (Å²) in [4.78, 5) is 5.49. The van der Waals surface area contributed by atoms with Gasteiger partial charge in [-0.3, -0.25) is 0 Å². The van der Waals surface area contributed by atoms with Crippen molar-refractivity contribution >= 4 is 11.3 Å². The van der Waals surface area contributed by atoms with E-state index in [0.29, 0.717) is 0 Å². The highest BCUT2D eigenvalue weighted by atomic mass is 32.1. The summed E-state index contributed by atoms with van der Waals surface area (Å²) < 4.78 is 0. The Kier molecular flexibility index (Phi) is 2.61. The van der Waals surface area contributed by atoms with Gasteiger partial charge in [-0.1, -0.05) is 30.3 Å². The van der Waals surface area contributed by atoms with Gasteiger partial charge in [-0.05, 0) is 12.5 Å². The van der Waals surface area contributed by atoms with Crippen molar-refractivity contribution in [3.63, 3.8) is 0 Å². The first kappa shape index (κ1) is 9.37. The molecule has 2 aromatic rings. The highest BCUT2D eigenvalue weighted by Gasteiger charge is 2.11. The number of benzene rings is 1. The molecule has 0 saturated carbocycles. The second-order valence-electron chi connectivity index (χ2n) is 3.20. The Morgan fingerprint density at radius 2 is 2.00 bits per heavy atom. The Labute approximate surface area is 87.4 Å². The van der Waals surface area contributed by atoms with Gasteiger partial charge < -0.3 is 5.73 Å². The second kappa shape index (κ2) is 3.90. The highest BCUT2D eigenvalue weighted by molar-refractivity contribution is 7.11. The number of nitrogens with two attached hydrogens (primary N) is 1. The van der Waals surface area contributed by atoms with Gasteiger partial charge in [0, 0.05) is 11.1 Å². The number of rotatable bonds is 2. The van der Waals surface area contributed by atoms with Gasteiger partial charge in [0.1, 0.15) is 5.01 Å². The molecule has 0 aliphatic carbocycles. The molecule has 2 nitrogen and oxygen atoms in total. The van der Waals surface area contributed by atoms with Crippen LogP contribution in [0.15, 0.2) is 36.5 Å². The first-order chi connectivity index (χ1) is 6.77. The first-order valence-corrected chi connectivity index (χ1v) is 5.32. The molecule has 14 heavy (non-hydrogen) atoms. The average molecular weight is 204 g/mol. The number of hydrogen-bond acceptors (Lipinski definition) is 3. The third-order valence-corrected chi connectivity index (χ3v) is 3.06. The molecule has 1 aromatic heterocycles. The number of nitrogens with zero attached hydrogens (tertiary/aromatic N) is 1. The van der Waals surface area contributed by atoms with Crippen molar-refractivity contribution < 1.29 is 0 Å². The van der Waals surface area contributed by atoms with Crippen LogP contribution in [-0.4, -0.2) is 4.98 Å². The van der Waals surface area contributed by atoms with Crippen LogP contribution in [0, 0.1) is 6.92 Å². The van der Waals surface area contributed by atoms with E-state index in [9.17, 15) is 0 Å². The normalized spacial score (nSPS) is 12.7. The van der Waals surface area contributed by atoms with Crippen molar-refractivity contribution in [2.24, 2.45) is 5.73 Å². The lowest BCUT2D eigenvalue weighted by molar-refractivity contribution is 0.857. The smallest absolute Gasteiger partial charge is 0.114 e. The quantitative estimate of drug-likeness (QED) is 0.816. The van der Waals surface area contributed by atoms with Crippen molar-refractivity contribution in [1.29, 1.82) is 0 Å². The average Bonchev–Trinajstić information content (AvgIpc) is 2.65. The third kappa shape index (κ3) is 1.84. The fourth-order valence-electron chi connectivity index (χ4n) is 1.32. The van der Waals surface area contributed by atoms with E-state index in [2.05, 4.69) is 4.98 Å². The third-order valence-electron chi connectivity index (χ3n) is 2.06. The Balaban J connectivity index is 2.29. The summed E-state index contributed by atoms with van der Waals surface area (Å²) in [5, 5.41) is 0.980. The van der Waals surface area contributed by atoms with Crippen molar-refractivity contribution in [2.75, 3.05) is 0 Å². The maximum absolute atomic E-state index is 6.08. The number of aryl methyl sites for hydroxylation is 1. The van der Waals surface area contributed by atoms with Crippen LogP contribution in [0.3, 0.4) is 0 Å². The summed E-state index contributed by atoms with van der Waals surface area (Å²) in [5.74, 6) is 0. The fourth-order valence-corrected chi connectivity index (χ4v) is 2.12. The van der Waals surface area contributed by atoms with Crippen LogP contribution < -0.4 is 5.73 Å². The fraction of sp³-hybridized carbons (Fsp3) is 0.182. The summed E-state index contributed by atoms with van der Waals surface area (Å²) in [6, 6.07) is 9.95. The van der Waals surface area contributed by atoms with Gasteiger partial charge in [0.2, 0.25) is 0 Å². The molecule has 3 heteroatoms. The van der Waals surface area contributed by atoms with Crippen LogP contribution >= 0.6 is 11.3 Å². The van der Waals surface area contributed by atoms with Crippen LogP contribution in [0.4, 0.5) is 0 Å². The zero-order chi connectivity index (χ0) is 9.97. The van der Waals surface area contributed by atoms with Gasteiger partial charge >= 0.3 is 0 Å². The van der Waals surface area contributed by atoms with Crippen LogP contribution in [0.1, 0.15) is 21.5 Å². The zero-order valence-corrected chi connectivity index (χ0v) is 8.79. The van der Waals surface area contributed by atoms with E-state index in [1.54, 1.807) is 11.3 Å². The first-order valence-electron chi connectivity index (χ1n) is 4.50. The lowest BCUT2D eigenvalue weighted by atomic mass is 10.1. The monoisotopic (exact) mass is 204 g/mol. The Hall–Kier alpha value is -1.19. The van der Waals surface area contributed by atoms with Crippen LogP contribution in [0.2, 0.25) is 0 Å².